The van der Waals surface area contributed by atoms with E-state index in [-0.39, 0.29) is 42.3 Å². The van der Waals surface area contributed by atoms with Gasteiger partial charge >= 0.3 is 0 Å². The standard InChI is InChI=1S/C26H31N3O3/c1-27(2)25(31)17-6-4-16(5-7-17)19-10-11-22-21(14-19)24-20(23(15-30)28(22)3)12-13-29(24)26(32)18-8-9-18/h4-7,10-11,14,18,20,23-24,30H,8-9,12-13,15H2,1-3H3/t20-,23+,24-/m0/s1. The number of aliphatic hydroxyl groups is 1. The molecule has 0 aromatic heterocycles. The molecule has 1 N–H and O–H groups in total. The van der Waals surface area contributed by atoms with Gasteiger partial charge in [-0.25, -0.2) is 0 Å². The Bertz CT molecular complexity index is 1040. The summed E-state index contributed by atoms with van der Waals surface area (Å²) in [6.45, 7) is 0.853. The third kappa shape index (κ3) is 3.37. The second-order valence-electron chi connectivity index (χ2n) is 9.61. The number of likely N-dealkylation sites (tertiary alicyclic amines) is 1. The topological polar surface area (TPSA) is 64.1 Å². The molecule has 2 heterocycles. The molecule has 0 radical (unpaired) electrons. The minimum Gasteiger partial charge on any atom is -0.394 e. The fourth-order valence-electron chi connectivity index (χ4n) is 5.51. The zero-order chi connectivity index (χ0) is 22.6. The van der Waals surface area contributed by atoms with Crippen LogP contribution in [0.1, 0.15) is 41.2 Å². The molecule has 1 aliphatic carbocycles. The van der Waals surface area contributed by atoms with Crippen LogP contribution in [-0.2, 0) is 4.79 Å². The lowest BCUT2D eigenvalue weighted by Gasteiger charge is -2.44. The third-order valence-electron chi connectivity index (χ3n) is 7.43. The van der Waals surface area contributed by atoms with E-state index in [1.165, 1.54) is 5.56 Å². The Labute approximate surface area is 189 Å². The van der Waals surface area contributed by atoms with Crippen molar-refractivity contribution in [3.05, 3.63) is 53.6 Å². The highest BCUT2D eigenvalue weighted by atomic mass is 16.3. The van der Waals surface area contributed by atoms with Gasteiger partial charge in [0.2, 0.25) is 5.91 Å². The lowest BCUT2D eigenvalue weighted by atomic mass is 9.81. The van der Waals surface area contributed by atoms with Crippen molar-refractivity contribution in [3.8, 4) is 11.1 Å². The Balaban J connectivity index is 1.53. The average molecular weight is 434 g/mol. The van der Waals surface area contributed by atoms with Crippen LogP contribution in [-0.4, -0.2) is 67.1 Å². The maximum Gasteiger partial charge on any atom is 0.253 e. The van der Waals surface area contributed by atoms with Gasteiger partial charge in [-0.1, -0.05) is 18.2 Å². The summed E-state index contributed by atoms with van der Waals surface area (Å²) in [5.74, 6) is 0.688. The molecular formula is C26H31N3O3. The van der Waals surface area contributed by atoms with Gasteiger partial charge in [0, 0.05) is 50.8 Å². The van der Waals surface area contributed by atoms with Gasteiger partial charge in [-0.3, -0.25) is 9.59 Å². The van der Waals surface area contributed by atoms with Crippen LogP contribution in [0, 0.1) is 11.8 Å². The van der Waals surface area contributed by atoms with E-state index in [2.05, 4.69) is 28.0 Å². The molecular weight excluding hydrogens is 402 g/mol. The zero-order valence-corrected chi connectivity index (χ0v) is 19.0. The number of aliphatic hydroxyl groups excluding tert-OH is 1. The maximum atomic E-state index is 13.1. The molecule has 2 amide bonds. The first-order chi connectivity index (χ1) is 15.4. The summed E-state index contributed by atoms with van der Waals surface area (Å²) in [7, 11) is 5.55. The van der Waals surface area contributed by atoms with Crippen LogP contribution in [0.5, 0.6) is 0 Å². The van der Waals surface area contributed by atoms with Gasteiger partial charge < -0.3 is 19.8 Å². The normalized spacial score (nSPS) is 24.2. The zero-order valence-electron chi connectivity index (χ0n) is 19.0. The van der Waals surface area contributed by atoms with Gasteiger partial charge in [0.15, 0.2) is 0 Å². The highest BCUT2D eigenvalue weighted by Crippen LogP contribution is 2.50. The number of benzene rings is 2. The van der Waals surface area contributed by atoms with Crippen molar-refractivity contribution in [1.82, 2.24) is 9.80 Å². The van der Waals surface area contributed by atoms with Gasteiger partial charge in [-0.15, -0.1) is 0 Å². The van der Waals surface area contributed by atoms with Crippen LogP contribution in [0.15, 0.2) is 42.5 Å². The van der Waals surface area contributed by atoms with Crippen LogP contribution in [0.25, 0.3) is 11.1 Å². The number of nitrogens with zero attached hydrogens (tertiary/aromatic N) is 3. The molecule has 2 fully saturated rings. The van der Waals surface area contributed by atoms with Crippen LogP contribution in [0.2, 0.25) is 0 Å². The summed E-state index contributed by atoms with van der Waals surface area (Å²) in [6.07, 6.45) is 2.92. The van der Waals surface area contributed by atoms with Crippen molar-refractivity contribution in [2.75, 3.05) is 39.2 Å². The van der Waals surface area contributed by atoms with Gasteiger partial charge in [0.25, 0.3) is 5.91 Å². The Hall–Kier alpha value is -2.86. The van der Waals surface area contributed by atoms with Crippen molar-refractivity contribution in [2.24, 2.45) is 11.8 Å². The molecule has 1 saturated heterocycles. The van der Waals surface area contributed by atoms with Gasteiger partial charge in [-0.05, 0) is 60.2 Å². The minimum atomic E-state index is -0.0123. The molecule has 2 aromatic rings. The predicted molar refractivity (Wildman–Crippen MR) is 124 cm³/mol. The molecule has 0 spiro atoms. The number of carbonyl (C=O) groups excluding carboxylic acids is 2. The van der Waals surface area contributed by atoms with Gasteiger partial charge in [0.1, 0.15) is 0 Å². The smallest absolute Gasteiger partial charge is 0.253 e. The summed E-state index contributed by atoms with van der Waals surface area (Å²) < 4.78 is 0. The molecule has 3 aliphatic rings. The van der Waals surface area contributed by atoms with E-state index in [0.717, 1.165) is 42.6 Å². The Morgan fingerprint density at radius 1 is 1.03 bits per heavy atom. The summed E-state index contributed by atoms with van der Waals surface area (Å²) in [4.78, 5) is 31.1. The fraction of sp³-hybridized carbons (Fsp3) is 0.462. The average Bonchev–Trinajstić information content (AvgIpc) is 3.57. The van der Waals surface area contributed by atoms with Crippen molar-refractivity contribution in [2.45, 2.75) is 31.3 Å². The summed E-state index contributed by atoms with van der Waals surface area (Å²) in [5.41, 5.74) is 5.04. The molecule has 168 valence electrons. The second-order valence-corrected chi connectivity index (χ2v) is 9.61. The summed E-state index contributed by atoms with van der Waals surface area (Å²) in [5, 5.41) is 10.1. The molecule has 3 atom stereocenters. The van der Waals surface area contributed by atoms with Crippen molar-refractivity contribution in [1.29, 1.82) is 0 Å². The number of hydrogen-bond donors (Lipinski definition) is 1. The predicted octanol–water partition coefficient (Wildman–Crippen LogP) is 3.17. The SMILES string of the molecule is CN(C)C(=O)c1ccc(-c2ccc3c(c2)[C@@H]2[C@@H](CCN2C(=O)C2CC2)[C@@H](CO)N3C)cc1. The molecule has 2 aromatic carbocycles. The number of hydrogen-bond acceptors (Lipinski definition) is 4. The summed E-state index contributed by atoms with van der Waals surface area (Å²) in [6, 6.07) is 14.2. The first-order valence-electron chi connectivity index (χ1n) is 11.5. The first-order valence-corrected chi connectivity index (χ1v) is 11.5. The molecule has 5 rings (SSSR count). The first kappa shape index (κ1) is 21.0. The van der Waals surface area contributed by atoms with Gasteiger partial charge in [-0.2, -0.15) is 0 Å². The quantitative estimate of drug-likeness (QED) is 0.805. The van der Waals surface area contributed by atoms with Crippen LogP contribution in [0.3, 0.4) is 0 Å². The number of rotatable bonds is 4. The number of carbonyl (C=O) groups is 2. The monoisotopic (exact) mass is 433 g/mol. The number of anilines is 1. The van der Waals surface area contributed by atoms with E-state index in [1.54, 1.807) is 19.0 Å². The maximum absolute atomic E-state index is 13.1. The van der Waals surface area contributed by atoms with Crippen LogP contribution < -0.4 is 4.90 Å². The lowest BCUT2D eigenvalue weighted by molar-refractivity contribution is -0.134. The largest absolute Gasteiger partial charge is 0.394 e. The van der Waals surface area contributed by atoms with E-state index in [9.17, 15) is 14.7 Å². The fourth-order valence-corrected chi connectivity index (χ4v) is 5.51. The third-order valence-corrected chi connectivity index (χ3v) is 7.43. The Morgan fingerprint density at radius 3 is 2.34 bits per heavy atom. The number of amides is 2. The molecule has 1 saturated carbocycles. The lowest BCUT2D eigenvalue weighted by Crippen LogP contribution is -2.48. The molecule has 0 unspecified atom stereocenters. The number of fused-ring (bicyclic) bond motifs is 3. The van der Waals surface area contributed by atoms with E-state index in [4.69, 9.17) is 0 Å². The Kier molecular flexibility index (Phi) is 5.20. The van der Waals surface area contributed by atoms with Crippen LogP contribution >= 0.6 is 0 Å². The highest BCUT2D eigenvalue weighted by molar-refractivity contribution is 5.94. The minimum absolute atomic E-state index is 0.0123. The number of likely N-dealkylation sites (N-methyl/N-ethyl adjacent to an activating group) is 1. The van der Waals surface area contributed by atoms with Crippen molar-refractivity contribution >= 4 is 17.5 Å². The van der Waals surface area contributed by atoms with E-state index < -0.39 is 0 Å². The van der Waals surface area contributed by atoms with Crippen molar-refractivity contribution in [3.63, 3.8) is 0 Å². The molecule has 6 heteroatoms. The van der Waals surface area contributed by atoms with Crippen LogP contribution in [0.4, 0.5) is 5.69 Å². The second kappa shape index (κ2) is 7.93. The summed E-state index contributed by atoms with van der Waals surface area (Å²) >= 11 is 0. The molecule has 0 bridgehead atoms. The molecule has 32 heavy (non-hydrogen) atoms. The molecule has 2 aliphatic heterocycles. The Morgan fingerprint density at radius 2 is 1.72 bits per heavy atom. The van der Waals surface area contributed by atoms with E-state index in [1.807, 2.05) is 31.3 Å². The van der Waals surface area contributed by atoms with Crippen molar-refractivity contribution < 1.29 is 14.7 Å². The van der Waals surface area contributed by atoms with Gasteiger partial charge in [0.05, 0.1) is 18.7 Å². The van der Waals surface area contributed by atoms with E-state index >= 15 is 0 Å². The van der Waals surface area contributed by atoms with E-state index in [0.29, 0.717) is 5.56 Å². The molecule has 6 nitrogen and oxygen atoms in total. The highest BCUT2D eigenvalue weighted by Gasteiger charge is 2.49.